The van der Waals surface area contributed by atoms with Gasteiger partial charge in [-0.05, 0) is 52.0 Å². The number of nitrogens with zero attached hydrogens (tertiary/aromatic N) is 4. The van der Waals surface area contributed by atoms with Crippen LogP contribution in [0.1, 0.15) is 49.7 Å². The molecule has 1 aliphatic carbocycles. The number of nitrogens with one attached hydrogen (secondary N) is 1. The molecule has 0 bridgehead atoms. The van der Waals surface area contributed by atoms with Gasteiger partial charge < -0.3 is 15.8 Å². The number of hydrogen-bond donors (Lipinski definition) is 2. The summed E-state index contributed by atoms with van der Waals surface area (Å²) in [7, 11) is 0. The Morgan fingerprint density at radius 3 is 2.59 bits per heavy atom. The van der Waals surface area contributed by atoms with Crippen molar-refractivity contribution in [1.82, 2.24) is 19.9 Å². The van der Waals surface area contributed by atoms with Gasteiger partial charge in [-0.15, -0.1) is 0 Å². The summed E-state index contributed by atoms with van der Waals surface area (Å²) >= 11 is 0. The molecule has 0 radical (unpaired) electrons. The molecule has 3 aromatic rings. The van der Waals surface area contributed by atoms with Gasteiger partial charge in [-0.25, -0.2) is 15.0 Å². The number of aryl methyl sites for hydroxylation is 2. The monoisotopic (exact) mass is 392 g/mol. The number of fused-ring (bicyclic) bond motifs is 1. The third kappa shape index (κ3) is 4.23. The van der Waals surface area contributed by atoms with E-state index in [1.807, 2.05) is 19.1 Å². The number of rotatable bonds is 5. The topological polar surface area (TPSA) is 98.8 Å². The SMILES string of the molecule is CCc1c(C)nc(C)nc1NC1CCC(Oc2cc(N)cc3nccnc23)CC1. The van der Waals surface area contributed by atoms with Crippen LogP contribution in [0.2, 0.25) is 0 Å². The molecule has 152 valence electrons. The van der Waals surface area contributed by atoms with Crippen LogP contribution in [0.4, 0.5) is 11.5 Å². The Labute approximate surface area is 171 Å². The molecule has 7 nitrogen and oxygen atoms in total. The number of hydrogen-bond acceptors (Lipinski definition) is 7. The molecule has 2 aromatic heterocycles. The largest absolute Gasteiger partial charge is 0.488 e. The maximum absolute atomic E-state index is 6.30. The summed E-state index contributed by atoms with van der Waals surface area (Å²) < 4.78 is 6.30. The standard InChI is InChI=1S/C22H28N6O/c1-4-18-13(2)26-14(3)27-22(18)28-16-5-7-17(8-6-16)29-20-12-15(23)11-19-21(20)25-10-9-24-19/h9-12,16-17H,4-8,23H2,1-3H3,(H,26,27,28). The minimum Gasteiger partial charge on any atom is -0.488 e. The average molecular weight is 393 g/mol. The molecule has 1 aromatic carbocycles. The van der Waals surface area contributed by atoms with Gasteiger partial charge in [-0.3, -0.25) is 4.98 Å². The van der Waals surface area contributed by atoms with E-state index in [1.54, 1.807) is 12.4 Å². The van der Waals surface area contributed by atoms with Crippen LogP contribution >= 0.6 is 0 Å². The highest BCUT2D eigenvalue weighted by Gasteiger charge is 2.24. The summed E-state index contributed by atoms with van der Waals surface area (Å²) in [6.45, 7) is 6.15. The smallest absolute Gasteiger partial charge is 0.149 e. The van der Waals surface area contributed by atoms with E-state index in [-0.39, 0.29) is 6.10 Å². The fraction of sp³-hybridized carbons (Fsp3) is 0.455. The zero-order valence-electron chi connectivity index (χ0n) is 17.3. The fourth-order valence-electron chi connectivity index (χ4n) is 4.13. The first-order valence-corrected chi connectivity index (χ1v) is 10.3. The van der Waals surface area contributed by atoms with E-state index in [1.165, 1.54) is 5.56 Å². The van der Waals surface area contributed by atoms with E-state index in [9.17, 15) is 0 Å². The zero-order chi connectivity index (χ0) is 20.4. The van der Waals surface area contributed by atoms with E-state index < -0.39 is 0 Å². The molecule has 1 saturated carbocycles. The molecular formula is C22H28N6O. The lowest BCUT2D eigenvalue weighted by atomic mass is 9.92. The number of anilines is 2. The molecule has 0 unspecified atom stereocenters. The van der Waals surface area contributed by atoms with Crippen molar-refractivity contribution in [2.24, 2.45) is 0 Å². The van der Waals surface area contributed by atoms with Crippen molar-refractivity contribution in [2.45, 2.75) is 65.0 Å². The summed E-state index contributed by atoms with van der Waals surface area (Å²) in [6.07, 6.45) is 8.43. The van der Waals surface area contributed by atoms with Gasteiger partial charge in [-0.2, -0.15) is 0 Å². The predicted octanol–water partition coefficient (Wildman–Crippen LogP) is 3.98. The van der Waals surface area contributed by atoms with Crippen LogP contribution in [0, 0.1) is 13.8 Å². The van der Waals surface area contributed by atoms with Crippen LogP contribution in [0.5, 0.6) is 5.75 Å². The molecule has 1 fully saturated rings. The van der Waals surface area contributed by atoms with E-state index in [4.69, 9.17) is 10.5 Å². The lowest BCUT2D eigenvalue weighted by molar-refractivity contribution is 0.152. The molecule has 2 heterocycles. The predicted molar refractivity (Wildman–Crippen MR) is 115 cm³/mol. The van der Waals surface area contributed by atoms with Crippen LogP contribution in [0.25, 0.3) is 11.0 Å². The summed E-state index contributed by atoms with van der Waals surface area (Å²) in [6, 6.07) is 4.07. The molecular weight excluding hydrogens is 364 g/mol. The highest BCUT2D eigenvalue weighted by molar-refractivity contribution is 5.84. The minimum atomic E-state index is 0.152. The molecule has 29 heavy (non-hydrogen) atoms. The van der Waals surface area contributed by atoms with Gasteiger partial charge in [0.1, 0.15) is 22.9 Å². The Morgan fingerprint density at radius 2 is 1.83 bits per heavy atom. The quantitative estimate of drug-likeness (QED) is 0.634. The second-order valence-electron chi connectivity index (χ2n) is 7.72. The number of nitrogens with two attached hydrogens (primary N) is 1. The molecule has 0 amide bonds. The third-order valence-corrected chi connectivity index (χ3v) is 5.55. The summed E-state index contributed by atoms with van der Waals surface area (Å²) in [4.78, 5) is 17.9. The maximum Gasteiger partial charge on any atom is 0.149 e. The fourth-order valence-corrected chi connectivity index (χ4v) is 4.13. The molecule has 0 aliphatic heterocycles. The van der Waals surface area contributed by atoms with Crippen molar-refractivity contribution < 1.29 is 4.74 Å². The first-order chi connectivity index (χ1) is 14.0. The van der Waals surface area contributed by atoms with Gasteiger partial charge in [0.05, 0.1) is 11.6 Å². The van der Waals surface area contributed by atoms with Crippen molar-refractivity contribution in [2.75, 3.05) is 11.1 Å². The van der Waals surface area contributed by atoms with Crippen LogP contribution in [0.3, 0.4) is 0 Å². The summed E-state index contributed by atoms with van der Waals surface area (Å²) in [5, 5.41) is 3.66. The molecule has 1 aliphatic rings. The Bertz CT molecular complexity index is 1010. The first kappa shape index (κ1) is 19.4. The van der Waals surface area contributed by atoms with Crippen LogP contribution in [0.15, 0.2) is 24.5 Å². The number of benzene rings is 1. The summed E-state index contributed by atoms with van der Waals surface area (Å²) in [5.41, 5.74) is 10.5. The van der Waals surface area contributed by atoms with Crippen molar-refractivity contribution in [3.05, 3.63) is 41.6 Å². The number of ether oxygens (including phenoxy) is 1. The van der Waals surface area contributed by atoms with Crippen molar-refractivity contribution in [1.29, 1.82) is 0 Å². The average Bonchev–Trinajstić information content (AvgIpc) is 2.69. The van der Waals surface area contributed by atoms with Crippen LogP contribution < -0.4 is 15.8 Å². The molecule has 7 heteroatoms. The van der Waals surface area contributed by atoms with Gasteiger partial charge in [0.15, 0.2) is 0 Å². The van der Waals surface area contributed by atoms with Crippen molar-refractivity contribution >= 4 is 22.5 Å². The second-order valence-corrected chi connectivity index (χ2v) is 7.72. The maximum atomic E-state index is 6.30. The van der Waals surface area contributed by atoms with Crippen molar-refractivity contribution in [3.8, 4) is 5.75 Å². The number of aromatic nitrogens is 4. The summed E-state index contributed by atoms with van der Waals surface area (Å²) in [5.74, 6) is 2.52. The molecule has 0 spiro atoms. The lowest BCUT2D eigenvalue weighted by Crippen LogP contribution is -2.32. The Morgan fingerprint density at radius 1 is 1.07 bits per heavy atom. The van der Waals surface area contributed by atoms with Gasteiger partial charge in [0.25, 0.3) is 0 Å². The van der Waals surface area contributed by atoms with Gasteiger partial charge in [0.2, 0.25) is 0 Å². The highest BCUT2D eigenvalue weighted by Crippen LogP contribution is 2.31. The normalized spacial score (nSPS) is 19.3. The molecule has 3 N–H and O–H groups in total. The van der Waals surface area contributed by atoms with E-state index in [0.29, 0.717) is 11.7 Å². The first-order valence-electron chi connectivity index (χ1n) is 10.3. The van der Waals surface area contributed by atoms with Gasteiger partial charge in [0, 0.05) is 41.4 Å². The Kier molecular flexibility index (Phi) is 5.47. The molecule has 4 rings (SSSR count). The van der Waals surface area contributed by atoms with Gasteiger partial charge in [-0.1, -0.05) is 6.92 Å². The Balaban J connectivity index is 1.42. The third-order valence-electron chi connectivity index (χ3n) is 5.55. The van der Waals surface area contributed by atoms with Crippen molar-refractivity contribution in [3.63, 3.8) is 0 Å². The second kappa shape index (κ2) is 8.19. The van der Waals surface area contributed by atoms with E-state index in [0.717, 1.165) is 66.2 Å². The zero-order valence-corrected chi connectivity index (χ0v) is 17.3. The lowest BCUT2D eigenvalue weighted by Gasteiger charge is -2.30. The van der Waals surface area contributed by atoms with E-state index >= 15 is 0 Å². The van der Waals surface area contributed by atoms with Crippen LogP contribution in [-0.4, -0.2) is 32.1 Å². The van der Waals surface area contributed by atoms with Gasteiger partial charge >= 0.3 is 0 Å². The van der Waals surface area contributed by atoms with E-state index in [2.05, 4.69) is 39.1 Å². The highest BCUT2D eigenvalue weighted by atomic mass is 16.5. The number of nitrogen functional groups attached to an aromatic ring is 1. The minimum absolute atomic E-state index is 0.152. The molecule has 0 saturated heterocycles. The molecule has 0 atom stereocenters. The Hall–Kier alpha value is -2.96. The van der Waals surface area contributed by atoms with Crippen LogP contribution in [-0.2, 0) is 6.42 Å².